The third-order valence-corrected chi connectivity index (χ3v) is 3.36. The number of pyridine rings is 1. The second-order valence-corrected chi connectivity index (χ2v) is 4.77. The van der Waals surface area contributed by atoms with Gasteiger partial charge in [0.25, 0.3) is 0 Å². The van der Waals surface area contributed by atoms with Crippen LogP contribution in [0.2, 0.25) is 0 Å². The molecule has 3 heteroatoms. The first kappa shape index (κ1) is 10.3. The molecule has 0 aliphatic carbocycles. The summed E-state index contributed by atoms with van der Waals surface area (Å²) in [5.41, 5.74) is 7.62. The molecule has 2 unspecified atom stereocenters. The van der Waals surface area contributed by atoms with Gasteiger partial charge in [-0.25, -0.2) is 4.98 Å². The predicted molar refractivity (Wildman–Crippen MR) is 63.9 cm³/mol. The van der Waals surface area contributed by atoms with Crippen LogP contribution in [0, 0.1) is 18.8 Å². The molecule has 82 valence electrons. The predicted octanol–water partition coefficient (Wildman–Crippen LogP) is 2.06. The summed E-state index contributed by atoms with van der Waals surface area (Å²) in [6.45, 7) is 8.90. The van der Waals surface area contributed by atoms with Crippen molar-refractivity contribution in [3.63, 3.8) is 0 Å². The third kappa shape index (κ3) is 1.91. The average molecular weight is 205 g/mol. The lowest BCUT2D eigenvalue weighted by Crippen LogP contribution is -2.21. The quantitative estimate of drug-likeness (QED) is 0.763. The number of aromatic nitrogens is 1. The topological polar surface area (TPSA) is 42.1 Å². The van der Waals surface area contributed by atoms with Crippen LogP contribution < -0.4 is 10.6 Å². The molecule has 1 aromatic rings. The van der Waals surface area contributed by atoms with Gasteiger partial charge in [0.05, 0.1) is 11.9 Å². The van der Waals surface area contributed by atoms with E-state index in [1.165, 1.54) is 5.56 Å². The summed E-state index contributed by atoms with van der Waals surface area (Å²) in [4.78, 5) is 6.79. The summed E-state index contributed by atoms with van der Waals surface area (Å²) in [5, 5.41) is 0. The Labute approximate surface area is 91.3 Å². The Balaban J connectivity index is 2.24. The van der Waals surface area contributed by atoms with Crippen molar-refractivity contribution in [3.8, 4) is 0 Å². The minimum atomic E-state index is 0.747. The first-order valence-electron chi connectivity index (χ1n) is 5.55. The molecule has 3 nitrogen and oxygen atoms in total. The van der Waals surface area contributed by atoms with Crippen LogP contribution in [0.25, 0.3) is 0 Å². The molecule has 1 saturated heterocycles. The van der Waals surface area contributed by atoms with Gasteiger partial charge >= 0.3 is 0 Å². The fraction of sp³-hybridized carbons (Fsp3) is 0.583. The molecule has 1 aliphatic heterocycles. The maximum absolute atomic E-state index is 5.70. The number of nitrogen functional groups attached to an aromatic ring is 1. The highest BCUT2D eigenvalue weighted by molar-refractivity contribution is 5.53. The Morgan fingerprint density at radius 2 is 1.93 bits per heavy atom. The van der Waals surface area contributed by atoms with Crippen LogP contribution in [0.1, 0.15) is 19.4 Å². The zero-order valence-electron chi connectivity index (χ0n) is 9.70. The molecule has 0 bridgehead atoms. The van der Waals surface area contributed by atoms with E-state index in [4.69, 9.17) is 5.73 Å². The number of nitrogens with zero attached hydrogens (tertiary/aromatic N) is 2. The summed E-state index contributed by atoms with van der Waals surface area (Å²) in [6.07, 6.45) is 1.75. The molecule has 2 atom stereocenters. The molecule has 0 saturated carbocycles. The van der Waals surface area contributed by atoms with Crippen molar-refractivity contribution in [2.75, 3.05) is 23.7 Å². The maximum atomic E-state index is 5.70. The van der Waals surface area contributed by atoms with Gasteiger partial charge in [0.15, 0.2) is 0 Å². The third-order valence-electron chi connectivity index (χ3n) is 3.36. The molecule has 2 heterocycles. The van der Waals surface area contributed by atoms with Crippen molar-refractivity contribution in [1.29, 1.82) is 0 Å². The molecule has 0 radical (unpaired) electrons. The van der Waals surface area contributed by atoms with E-state index >= 15 is 0 Å². The molecule has 0 aromatic carbocycles. The van der Waals surface area contributed by atoms with E-state index in [0.717, 1.165) is 36.4 Å². The number of anilines is 2. The van der Waals surface area contributed by atoms with E-state index in [0.29, 0.717) is 0 Å². The lowest BCUT2D eigenvalue weighted by molar-refractivity contribution is 0.494. The molecule has 0 amide bonds. The molecule has 1 aromatic heterocycles. The maximum Gasteiger partial charge on any atom is 0.131 e. The van der Waals surface area contributed by atoms with E-state index in [1.54, 1.807) is 6.20 Å². The highest BCUT2D eigenvalue weighted by Crippen LogP contribution is 2.28. The zero-order valence-corrected chi connectivity index (χ0v) is 9.70. The van der Waals surface area contributed by atoms with Crippen LogP contribution in [0.4, 0.5) is 11.5 Å². The fourth-order valence-corrected chi connectivity index (χ4v) is 2.22. The number of hydrogen-bond acceptors (Lipinski definition) is 3. The van der Waals surface area contributed by atoms with Gasteiger partial charge in [-0.1, -0.05) is 13.8 Å². The normalized spacial score (nSPS) is 25.9. The SMILES string of the molecule is Cc1cc(N)cnc1N1CC(C)C(C)C1. The molecule has 1 aliphatic rings. The standard InChI is InChI=1S/C12H19N3/c1-8-4-11(13)5-14-12(8)15-6-9(2)10(3)7-15/h4-5,9-10H,6-7,13H2,1-3H3. The summed E-state index contributed by atoms with van der Waals surface area (Å²) < 4.78 is 0. The molecule has 0 spiro atoms. The monoisotopic (exact) mass is 205 g/mol. The zero-order chi connectivity index (χ0) is 11.0. The molecular weight excluding hydrogens is 186 g/mol. The number of rotatable bonds is 1. The summed E-state index contributed by atoms with van der Waals surface area (Å²) in [5.74, 6) is 2.60. The Kier molecular flexibility index (Phi) is 2.55. The van der Waals surface area contributed by atoms with Crippen molar-refractivity contribution in [1.82, 2.24) is 4.98 Å². The van der Waals surface area contributed by atoms with Crippen LogP contribution in [-0.2, 0) is 0 Å². The van der Waals surface area contributed by atoms with Gasteiger partial charge in [-0.2, -0.15) is 0 Å². The Morgan fingerprint density at radius 1 is 1.33 bits per heavy atom. The van der Waals surface area contributed by atoms with Gasteiger partial charge in [0, 0.05) is 13.1 Å². The molecule has 15 heavy (non-hydrogen) atoms. The van der Waals surface area contributed by atoms with E-state index < -0.39 is 0 Å². The van der Waals surface area contributed by atoms with Crippen molar-refractivity contribution >= 4 is 11.5 Å². The number of hydrogen-bond donors (Lipinski definition) is 1. The minimum absolute atomic E-state index is 0.747. The first-order valence-corrected chi connectivity index (χ1v) is 5.55. The lowest BCUT2D eigenvalue weighted by Gasteiger charge is -2.19. The van der Waals surface area contributed by atoms with Gasteiger partial charge in [0.2, 0.25) is 0 Å². The average Bonchev–Trinajstić information content (AvgIpc) is 2.46. The van der Waals surface area contributed by atoms with Crippen LogP contribution in [0.3, 0.4) is 0 Å². The number of nitrogens with two attached hydrogens (primary N) is 1. The summed E-state index contributed by atoms with van der Waals surface area (Å²) >= 11 is 0. The summed E-state index contributed by atoms with van der Waals surface area (Å²) in [6, 6.07) is 2.00. The Morgan fingerprint density at radius 3 is 2.47 bits per heavy atom. The second-order valence-electron chi connectivity index (χ2n) is 4.77. The van der Waals surface area contributed by atoms with Crippen LogP contribution in [0.5, 0.6) is 0 Å². The van der Waals surface area contributed by atoms with E-state index in [-0.39, 0.29) is 0 Å². The van der Waals surface area contributed by atoms with Crippen molar-refractivity contribution in [2.45, 2.75) is 20.8 Å². The van der Waals surface area contributed by atoms with Crippen molar-refractivity contribution < 1.29 is 0 Å². The van der Waals surface area contributed by atoms with Gasteiger partial charge in [0.1, 0.15) is 5.82 Å². The molecule has 1 fully saturated rings. The van der Waals surface area contributed by atoms with Crippen LogP contribution >= 0.6 is 0 Å². The number of aryl methyl sites for hydroxylation is 1. The van der Waals surface area contributed by atoms with Gasteiger partial charge in [-0.15, -0.1) is 0 Å². The highest BCUT2D eigenvalue weighted by Gasteiger charge is 2.27. The van der Waals surface area contributed by atoms with E-state index in [9.17, 15) is 0 Å². The van der Waals surface area contributed by atoms with E-state index in [1.807, 2.05) is 6.07 Å². The smallest absolute Gasteiger partial charge is 0.131 e. The Hall–Kier alpha value is -1.25. The Bertz CT molecular complexity index is 352. The fourth-order valence-electron chi connectivity index (χ4n) is 2.22. The highest BCUT2D eigenvalue weighted by atomic mass is 15.2. The second kappa shape index (κ2) is 3.72. The van der Waals surface area contributed by atoms with Crippen molar-refractivity contribution in [2.24, 2.45) is 11.8 Å². The lowest BCUT2D eigenvalue weighted by atomic mass is 10.0. The van der Waals surface area contributed by atoms with Crippen LogP contribution in [0.15, 0.2) is 12.3 Å². The summed E-state index contributed by atoms with van der Waals surface area (Å²) in [7, 11) is 0. The molecule has 2 N–H and O–H groups in total. The van der Waals surface area contributed by atoms with Crippen LogP contribution in [-0.4, -0.2) is 18.1 Å². The molecular formula is C12H19N3. The molecule has 2 rings (SSSR count). The minimum Gasteiger partial charge on any atom is -0.397 e. The van der Waals surface area contributed by atoms with Gasteiger partial charge < -0.3 is 10.6 Å². The largest absolute Gasteiger partial charge is 0.397 e. The van der Waals surface area contributed by atoms with Crippen molar-refractivity contribution in [3.05, 3.63) is 17.8 Å². The van der Waals surface area contributed by atoms with Gasteiger partial charge in [-0.3, -0.25) is 0 Å². The van der Waals surface area contributed by atoms with Gasteiger partial charge in [-0.05, 0) is 30.4 Å². The van der Waals surface area contributed by atoms with E-state index in [2.05, 4.69) is 30.7 Å². The first-order chi connectivity index (χ1) is 7.08.